The minimum Gasteiger partial charge on any atom is -0.491 e. The van der Waals surface area contributed by atoms with Gasteiger partial charge in [0.15, 0.2) is 0 Å². The summed E-state index contributed by atoms with van der Waals surface area (Å²) in [4.78, 5) is 22.5. The molecule has 5 nitrogen and oxygen atoms in total. The number of carbonyl (C=O) groups excluding carboxylic acids is 1. The molecule has 0 heterocycles. The third-order valence-electron chi connectivity index (χ3n) is 2.73. The third kappa shape index (κ3) is 6.49. The number of hydrogen-bond acceptors (Lipinski definition) is 3. The summed E-state index contributed by atoms with van der Waals surface area (Å²) < 4.78 is 5.54. The smallest absolute Gasteiger partial charge is 0.303 e. The van der Waals surface area contributed by atoms with E-state index in [4.69, 9.17) is 21.4 Å². The van der Waals surface area contributed by atoms with Gasteiger partial charge in [0.2, 0.25) is 5.91 Å². The van der Waals surface area contributed by atoms with Gasteiger partial charge in [-0.3, -0.25) is 9.59 Å². The van der Waals surface area contributed by atoms with Crippen LogP contribution in [0.25, 0.3) is 0 Å². The molecule has 0 aliphatic heterocycles. The highest BCUT2D eigenvalue weighted by atomic mass is 35.5. The molecule has 116 valence electrons. The Labute approximate surface area is 129 Å². The normalized spacial score (nSPS) is 11.8. The van der Waals surface area contributed by atoms with Crippen LogP contribution in [0.2, 0.25) is 5.02 Å². The summed E-state index contributed by atoms with van der Waals surface area (Å²) >= 11 is 5.92. The lowest BCUT2D eigenvalue weighted by atomic mass is 10.0. The van der Waals surface area contributed by atoms with Gasteiger partial charge in [0.05, 0.1) is 12.3 Å². The second-order valence-electron chi connectivity index (χ2n) is 4.94. The fourth-order valence-electron chi connectivity index (χ4n) is 1.83. The van der Waals surface area contributed by atoms with Crippen molar-refractivity contribution in [3.05, 3.63) is 23.2 Å². The van der Waals surface area contributed by atoms with Crippen LogP contribution in [0.5, 0.6) is 5.75 Å². The van der Waals surface area contributed by atoms with E-state index in [0.717, 1.165) is 6.42 Å². The Morgan fingerprint density at radius 1 is 1.38 bits per heavy atom. The topological polar surface area (TPSA) is 75.6 Å². The molecule has 1 unspecified atom stereocenters. The van der Waals surface area contributed by atoms with Crippen LogP contribution in [-0.4, -0.2) is 23.6 Å². The second kappa shape index (κ2) is 8.52. The largest absolute Gasteiger partial charge is 0.491 e. The van der Waals surface area contributed by atoms with Crippen molar-refractivity contribution in [2.45, 2.75) is 33.1 Å². The lowest BCUT2D eigenvalue weighted by Crippen LogP contribution is -2.17. The number of benzene rings is 1. The van der Waals surface area contributed by atoms with Crippen molar-refractivity contribution in [3.63, 3.8) is 0 Å². The minimum absolute atomic E-state index is 0.0395. The number of aliphatic carboxylic acids is 1. The average molecular weight is 314 g/mol. The second-order valence-corrected chi connectivity index (χ2v) is 5.38. The number of ether oxygens (including phenoxy) is 1. The van der Waals surface area contributed by atoms with E-state index in [2.05, 4.69) is 5.32 Å². The number of carbonyl (C=O) groups is 2. The van der Waals surface area contributed by atoms with Gasteiger partial charge in [-0.2, -0.15) is 0 Å². The van der Waals surface area contributed by atoms with E-state index in [0.29, 0.717) is 23.1 Å². The monoisotopic (exact) mass is 313 g/mol. The zero-order valence-electron chi connectivity index (χ0n) is 12.2. The van der Waals surface area contributed by atoms with Crippen LogP contribution in [0.3, 0.4) is 0 Å². The molecule has 0 fully saturated rings. The Morgan fingerprint density at radius 3 is 2.71 bits per heavy atom. The molecular weight excluding hydrogens is 294 g/mol. The van der Waals surface area contributed by atoms with Gasteiger partial charge in [-0.1, -0.05) is 25.4 Å². The molecule has 0 spiro atoms. The quantitative estimate of drug-likeness (QED) is 0.769. The van der Waals surface area contributed by atoms with E-state index in [1.165, 1.54) is 0 Å². The van der Waals surface area contributed by atoms with Crippen LogP contribution < -0.4 is 10.1 Å². The Bertz CT molecular complexity index is 504. The van der Waals surface area contributed by atoms with Gasteiger partial charge in [0.1, 0.15) is 5.75 Å². The summed E-state index contributed by atoms with van der Waals surface area (Å²) in [6.07, 6.45) is 0.944. The third-order valence-corrected chi connectivity index (χ3v) is 2.97. The molecule has 1 aromatic rings. The van der Waals surface area contributed by atoms with Crippen molar-refractivity contribution in [1.29, 1.82) is 0 Å². The summed E-state index contributed by atoms with van der Waals surface area (Å²) in [5, 5.41) is 11.9. The van der Waals surface area contributed by atoms with Crippen molar-refractivity contribution < 1.29 is 19.4 Å². The number of anilines is 1. The number of rotatable bonds is 8. The van der Waals surface area contributed by atoms with E-state index >= 15 is 0 Å². The van der Waals surface area contributed by atoms with Crippen molar-refractivity contribution in [2.75, 3.05) is 11.9 Å². The molecule has 2 N–H and O–H groups in total. The van der Waals surface area contributed by atoms with Gasteiger partial charge in [-0.15, -0.1) is 0 Å². The maximum atomic E-state index is 11.9. The van der Waals surface area contributed by atoms with Gasteiger partial charge in [-0.05, 0) is 30.5 Å². The number of hydrogen-bond donors (Lipinski definition) is 2. The molecule has 0 bridgehead atoms. The SMILES string of the molecule is CCCOc1ccc(Cl)cc1NC(=O)CC(C)CC(=O)O. The predicted octanol–water partition coefficient (Wildman–Crippen LogP) is 3.57. The number of carboxylic acid groups (broad SMARTS) is 1. The zero-order valence-corrected chi connectivity index (χ0v) is 12.9. The first-order chi connectivity index (χ1) is 9.92. The lowest BCUT2D eigenvalue weighted by Gasteiger charge is -2.14. The van der Waals surface area contributed by atoms with Crippen LogP contribution in [0.15, 0.2) is 18.2 Å². The van der Waals surface area contributed by atoms with Crippen molar-refractivity contribution >= 4 is 29.2 Å². The van der Waals surface area contributed by atoms with E-state index in [1.54, 1.807) is 25.1 Å². The van der Waals surface area contributed by atoms with E-state index in [9.17, 15) is 9.59 Å². The van der Waals surface area contributed by atoms with Crippen LogP contribution in [0.1, 0.15) is 33.1 Å². The predicted molar refractivity (Wildman–Crippen MR) is 81.9 cm³/mol. The fraction of sp³-hybridized carbons (Fsp3) is 0.467. The zero-order chi connectivity index (χ0) is 15.8. The Balaban J connectivity index is 2.69. The number of nitrogens with one attached hydrogen (secondary N) is 1. The molecule has 0 aliphatic rings. The van der Waals surface area contributed by atoms with Gasteiger partial charge >= 0.3 is 5.97 Å². The van der Waals surface area contributed by atoms with E-state index < -0.39 is 5.97 Å². The minimum atomic E-state index is -0.912. The fourth-order valence-corrected chi connectivity index (χ4v) is 2.00. The van der Waals surface area contributed by atoms with Gasteiger partial charge in [-0.25, -0.2) is 0 Å². The molecule has 0 aromatic heterocycles. The van der Waals surface area contributed by atoms with Gasteiger partial charge in [0.25, 0.3) is 0 Å². The van der Waals surface area contributed by atoms with E-state index in [-0.39, 0.29) is 24.7 Å². The van der Waals surface area contributed by atoms with Crippen LogP contribution in [-0.2, 0) is 9.59 Å². The summed E-state index contributed by atoms with van der Waals surface area (Å²) in [6, 6.07) is 5.01. The lowest BCUT2D eigenvalue weighted by molar-refractivity contribution is -0.138. The van der Waals surface area contributed by atoms with Crippen LogP contribution in [0.4, 0.5) is 5.69 Å². The summed E-state index contributed by atoms with van der Waals surface area (Å²) in [7, 11) is 0. The van der Waals surface area contributed by atoms with Crippen molar-refractivity contribution in [1.82, 2.24) is 0 Å². The molecule has 0 aliphatic carbocycles. The molecule has 0 radical (unpaired) electrons. The molecule has 6 heteroatoms. The molecule has 0 saturated heterocycles. The molecule has 21 heavy (non-hydrogen) atoms. The average Bonchev–Trinajstić information content (AvgIpc) is 2.36. The summed E-state index contributed by atoms with van der Waals surface area (Å²) in [5.74, 6) is -0.848. The Hall–Kier alpha value is -1.75. The highest BCUT2D eigenvalue weighted by Crippen LogP contribution is 2.28. The summed E-state index contributed by atoms with van der Waals surface area (Å²) in [5.41, 5.74) is 0.503. The van der Waals surface area contributed by atoms with Crippen LogP contribution >= 0.6 is 11.6 Å². The highest BCUT2D eigenvalue weighted by Gasteiger charge is 2.14. The maximum absolute atomic E-state index is 11.9. The molecule has 1 rings (SSSR count). The Kier molecular flexibility index (Phi) is 7.02. The number of carboxylic acids is 1. The molecule has 1 atom stereocenters. The first-order valence-corrected chi connectivity index (χ1v) is 7.24. The first-order valence-electron chi connectivity index (χ1n) is 6.86. The van der Waals surface area contributed by atoms with Gasteiger partial charge in [0, 0.05) is 17.9 Å². The summed E-state index contributed by atoms with van der Waals surface area (Å²) in [6.45, 7) is 4.25. The molecule has 1 amide bonds. The van der Waals surface area contributed by atoms with Crippen molar-refractivity contribution in [3.8, 4) is 5.75 Å². The van der Waals surface area contributed by atoms with E-state index in [1.807, 2.05) is 6.92 Å². The first kappa shape index (κ1) is 17.3. The highest BCUT2D eigenvalue weighted by molar-refractivity contribution is 6.31. The number of halogens is 1. The van der Waals surface area contributed by atoms with Gasteiger partial charge < -0.3 is 15.2 Å². The van der Waals surface area contributed by atoms with Crippen molar-refractivity contribution in [2.24, 2.45) is 5.92 Å². The Morgan fingerprint density at radius 2 is 2.10 bits per heavy atom. The molecular formula is C15H20ClNO4. The molecule has 1 aromatic carbocycles. The standard InChI is InChI=1S/C15H20ClNO4/c1-3-6-21-13-5-4-11(16)9-12(13)17-14(18)7-10(2)8-15(19)20/h4-5,9-10H,3,6-8H2,1-2H3,(H,17,18)(H,19,20). The maximum Gasteiger partial charge on any atom is 0.303 e. The molecule has 0 saturated carbocycles. The van der Waals surface area contributed by atoms with Crippen LogP contribution in [0, 0.1) is 5.92 Å². The number of amides is 1.